The number of rotatable bonds is 6. The second-order valence-electron chi connectivity index (χ2n) is 5.36. The second kappa shape index (κ2) is 7.45. The lowest BCUT2D eigenvalue weighted by atomic mass is 10.2. The summed E-state index contributed by atoms with van der Waals surface area (Å²) in [6.45, 7) is 0.383. The normalized spacial score (nSPS) is 12.0. The Morgan fingerprint density at radius 3 is 2.70 bits per heavy atom. The van der Waals surface area contributed by atoms with Crippen LogP contribution < -0.4 is 10.2 Å². The Labute approximate surface area is 120 Å². The summed E-state index contributed by atoms with van der Waals surface area (Å²) in [4.78, 5) is 11.5. The van der Waals surface area contributed by atoms with E-state index in [-0.39, 0.29) is 5.91 Å². The lowest BCUT2D eigenvalue weighted by molar-refractivity contribution is -0.862. The molecule has 0 aliphatic heterocycles. The van der Waals surface area contributed by atoms with Crippen LogP contribution in [0.25, 0.3) is 6.08 Å². The number of nitrogens with zero attached hydrogens (tertiary/aromatic N) is 2. The Kier molecular flexibility index (Phi) is 5.93. The largest absolute Gasteiger partial charge is 0.496 e. The highest BCUT2D eigenvalue weighted by molar-refractivity contribution is 5.82. The molecule has 0 saturated carbocycles. The number of hydrogen-bond acceptors (Lipinski definition) is 3. The van der Waals surface area contributed by atoms with Gasteiger partial charge in [-0.15, -0.1) is 0 Å². The van der Waals surface area contributed by atoms with Gasteiger partial charge in [-0.1, -0.05) is 18.2 Å². The average Bonchev–Trinajstić information content (AvgIpc) is 2.36. The minimum absolute atomic E-state index is 0.112. The van der Waals surface area contributed by atoms with Crippen molar-refractivity contribution in [3.05, 3.63) is 35.9 Å². The third kappa shape index (κ3) is 6.15. The number of para-hydroxylation sites is 1. The minimum atomic E-state index is -0.112. The maximum absolute atomic E-state index is 11.5. The fourth-order valence-corrected chi connectivity index (χ4v) is 1.57. The van der Waals surface area contributed by atoms with Crippen molar-refractivity contribution in [2.24, 2.45) is 5.10 Å². The van der Waals surface area contributed by atoms with Gasteiger partial charge in [-0.2, -0.15) is 5.10 Å². The second-order valence-corrected chi connectivity index (χ2v) is 5.36. The van der Waals surface area contributed by atoms with Gasteiger partial charge in [0.1, 0.15) is 5.75 Å². The number of hydrazone groups is 1. The molecule has 1 N–H and O–H groups in total. The number of methoxy groups -OCH3 is 1. The molecule has 108 valence electrons. The molecule has 0 unspecified atom stereocenters. The first-order chi connectivity index (χ1) is 9.42. The highest BCUT2D eigenvalue weighted by atomic mass is 16.5. The van der Waals surface area contributed by atoms with Gasteiger partial charge in [-0.05, 0) is 18.2 Å². The fourth-order valence-electron chi connectivity index (χ4n) is 1.57. The smallest absolute Gasteiger partial charge is 0.295 e. The van der Waals surface area contributed by atoms with E-state index < -0.39 is 0 Å². The van der Waals surface area contributed by atoms with Crippen molar-refractivity contribution < 1.29 is 14.0 Å². The van der Waals surface area contributed by atoms with Crippen molar-refractivity contribution in [2.45, 2.75) is 0 Å². The van der Waals surface area contributed by atoms with Crippen molar-refractivity contribution >= 4 is 18.2 Å². The van der Waals surface area contributed by atoms with Crippen molar-refractivity contribution in [2.75, 3.05) is 34.8 Å². The molecule has 0 heterocycles. The number of benzene rings is 1. The molecule has 0 aliphatic carbocycles. The maximum atomic E-state index is 11.5. The molecule has 1 amide bonds. The van der Waals surface area contributed by atoms with Gasteiger partial charge in [0.15, 0.2) is 6.54 Å². The van der Waals surface area contributed by atoms with Crippen LogP contribution in [0.3, 0.4) is 0 Å². The van der Waals surface area contributed by atoms with E-state index in [0.29, 0.717) is 11.0 Å². The Morgan fingerprint density at radius 2 is 2.05 bits per heavy atom. The molecule has 1 rings (SSSR count). The summed E-state index contributed by atoms with van der Waals surface area (Å²) >= 11 is 0. The number of carbonyl (C=O) groups excluding carboxylic acids is 1. The van der Waals surface area contributed by atoms with Gasteiger partial charge in [0, 0.05) is 11.8 Å². The molecule has 1 aromatic carbocycles. The summed E-state index contributed by atoms with van der Waals surface area (Å²) in [6, 6.07) is 7.68. The highest BCUT2D eigenvalue weighted by Crippen LogP contribution is 2.18. The van der Waals surface area contributed by atoms with E-state index in [9.17, 15) is 4.79 Å². The zero-order valence-electron chi connectivity index (χ0n) is 12.5. The quantitative estimate of drug-likeness (QED) is 0.486. The summed E-state index contributed by atoms with van der Waals surface area (Å²) in [5.41, 5.74) is 3.44. The van der Waals surface area contributed by atoms with Gasteiger partial charge in [-0.25, -0.2) is 5.43 Å². The molecule has 5 heteroatoms. The van der Waals surface area contributed by atoms with Gasteiger partial charge in [-0.3, -0.25) is 4.79 Å². The van der Waals surface area contributed by atoms with Gasteiger partial charge in [0.25, 0.3) is 5.91 Å². The van der Waals surface area contributed by atoms with Crippen LogP contribution in [0.1, 0.15) is 5.56 Å². The molecule has 0 atom stereocenters. The first-order valence-electron chi connectivity index (χ1n) is 6.34. The maximum Gasteiger partial charge on any atom is 0.295 e. The van der Waals surface area contributed by atoms with Crippen LogP contribution in [-0.2, 0) is 4.79 Å². The SMILES string of the molecule is COc1ccccc1/C=C/C=N/NC(=O)C[N+](C)(C)C. The number of ether oxygens (including phenoxy) is 1. The molecular weight excluding hydrogens is 254 g/mol. The zero-order chi connectivity index (χ0) is 15.0. The number of nitrogens with one attached hydrogen (secondary N) is 1. The lowest BCUT2D eigenvalue weighted by Crippen LogP contribution is -2.43. The van der Waals surface area contributed by atoms with Crippen LogP contribution in [0.15, 0.2) is 35.4 Å². The zero-order valence-corrected chi connectivity index (χ0v) is 12.5. The summed E-state index contributed by atoms with van der Waals surface area (Å²) in [5.74, 6) is 0.686. The third-order valence-corrected chi connectivity index (χ3v) is 2.38. The summed E-state index contributed by atoms with van der Waals surface area (Å²) in [7, 11) is 7.48. The first kappa shape index (κ1) is 15.9. The predicted molar refractivity (Wildman–Crippen MR) is 81.6 cm³/mol. The summed E-state index contributed by atoms with van der Waals surface area (Å²) in [6.07, 6.45) is 5.17. The highest BCUT2D eigenvalue weighted by Gasteiger charge is 2.12. The number of hydrogen-bond donors (Lipinski definition) is 1. The van der Waals surface area contributed by atoms with Crippen LogP contribution in [0.5, 0.6) is 5.75 Å². The molecule has 20 heavy (non-hydrogen) atoms. The number of carbonyl (C=O) groups is 1. The van der Waals surface area contributed by atoms with E-state index in [1.54, 1.807) is 19.4 Å². The van der Waals surface area contributed by atoms with Crippen LogP contribution in [0, 0.1) is 0 Å². The molecule has 0 radical (unpaired) electrons. The van der Waals surface area contributed by atoms with Gasteiger partial charge >= 0.3 is 0 Å². The van der Waals surface area contributed by atoms with Gasteiger partial charge in [0.05, 0.1) is 28.3 Å². The molecule has 0 fully saturated rings. The summed E-state index contributed by atoms with van der Waals surface area (Å²) < 4.78 is 5.80. The molecule has 5 nitrogen and oxygen atoms in total. The molecule has 0 saturated heterocycles. The monoisotopic (exact) mass is 276 g/mol. The predicted octanol–water partition coefficient (Wildman–Crippen LogP) is 1.52. The van der Waals surface area contributed by atoms with Crippen LogP contribution in [0.4, 0.5) is 0 Å². The topological polar surface area (TPSA) is 50.7 Å². The van der Waals surface area contributed by atoms with Gasteiger partial charge in [0.2, 0.25) is 0 Å². The molecule has 0 aliphatic rings. The molecule has 0 bridgehead atoms. The van der Waals surface area contributed by atoms with E-state index in [0.717, 1.165) is 11.3 Å². The Balaban J connectivity index is 2.48. The van der Waals surface area contributed by atoms with Crippen LogP contribution in [-0.4, -0.2) is 51.4 Å². The first-order valence-corrected chi connectivity index (χ1v) is 6.34. The van der Waals surface area contributed by atoms with E-state index in [2.05, 4.69) is 10.5 Å². The van der Waals surface area contributed by atoms with E-state index >= 15 is 0 Å². The third-order valence-electron chi connectivity index (χ3n) is 2.38. The molecule has 0 spiro atoms. The number of allylic oxidation sites excluding steroid dienone is 1. The van der Waals surface area contributed by atoms with E-state index in [1.165, 1.54) is 0 Å². The fraction of sp³-hybridized carbons (Fsp3) is 0.333. The van der Waals surface area contributed by atoms with Crippen molar-refractivity contribution in [3.63, 3.8) is 0 Å². The van der Waals surface area contributed by atoms with Crippen LogP contribution in [0.2, 0.25) is 0 Å². The number of likely N-dealkylation sites (N-methyl/N-ethyl adjacent to an activating group) is 1. The lowest BCUT2D eigenvalue weighted by Gasteiger charge is -2.21. The Bertz CT molecular complexity index is 502. The average molecular weight is 276 g/mol. The van der Waals surface area contributed by atoms with E-state index in [4.69, 9.17) is 4.74 Å². The Morgan fingerprint density at radius 1 is 1.35 bits per heavy atom. The van der Waals surface area contributed by atoms with Crippen molar-refractivity contribution in [3.8, 4) is 5.75 Å². The van der Waals surface area contributed by atoms with Crippen LogP contribution >= 0.6 is 0 Å². The van der Waals surface area contributed by atoms with Crippen molar-refractivity contribution in [1.29, 1.82) is 0 Å². The minimum Gasteiger partial charge on any atom is -0.496 e. The standard InChI is InChI=1S/C15H21N3O2/c1-18(2,3)12-15(19)17-16-11-7-9-13-8-5-6-10-14(13)20-4/h5-11H,12H2,1-4H3/p+1/b9-7+,16-11+. The molecule has 0 aromatic heterocycles. The van der Waals surface area contributed by atoms with Gasteiger partial charge < -0.3 is 9.22 Å². The molecule has 1 aromatic rings. The number of quaternary nitrogens is 1. The molecular formula is C15H22N3O2+. The van der Waals surface area contributed by atoms with E-state index in [1.807, 2.05) is 51.5 Å². The Hall–Kier alpha value is -2.14. The van der Waals surface area contributed by atoms with Crippen molar-refractivity contribution in [1.82, 2.24) is 5.43 Å². The summed E-state index contributed by atoms with van der Waals surface area (Å²) in [5, 5.41) is 3.86. The number of amides is 1.